The second-order valence-electron chi connectivity index (χ2n) is 3.56. The average molecular weight is 254 g/mol. The molecule has 0 saturated carbocycles. The number of halogens is 1. The Morgan fingerprint density at radius 3 is 2.65 bits per heavy atom. The highest BCUT2D eigenvalue weighted by Crippen LogP contribution is 2.11. The predicted molar refractivity (Wildman–Crippen MR) is 64.5 cm³/mol. The van der Waals surface area contributed by atoms with Crippen LogP contribution in [0.25, 0.3) is 5.69 Å². The molecule has 0 radical (unpaired) electrons. The minimum absolute atomic E-state index is 0.0419. The van der Waals surface area contributed by atoms with E-state index in [0.29, 0.717) is 18.0 Å². The molecule has 0 atom stereocenters. The van der Waals surface area contributed by atoms with Crippen molar-refractivity contribution < 1.29 is 5.11 Å². The summed E-state index contributed by atoms with van der Waals surface area (Å²) in [5.74, 6) is 0. The third-order valence-electron chi connectivity index (χ3n) is 2.37. The highest BCUT2D eigenvalue weighted by Gasteiger charge is 2.05. The van der Waals surface area contributed by atoms with Crippen molar-refractivity contribution in [2.24, 2.45) is 0 Å². The third kappa shape index (κ3) is 2.57. The van der Waals surface area contributed by atoms with E-state index in [9.17, 15) is 4.79 Å². The Hall–Kier alpha value is -1.59. The Labute approximate surface area is 103 Å². The van der Waals surface area contributed by atoms with Crippen LogP contribution in [0.2, 0.25) is 5.02 Å². The average Bonchev–Trinajstić information content (AvgIpc) is 2.69. The number of hydrogen-bond donors (Lipinski definition) is 1. The van der Waals surface area contributed by atoms with Crippen LogP contribution in [0, 0.1) is 0 Å². The van der Waals surface area contributed by atoms with Crippen LogP contribution in [0.15, 0.2) is 35.4 Å². The molecule has 0 aliphatic rings. The summed E-state index contributed by atoms with van der Waals surface area (Å²) >= 11 is 5.78. The van der Waals surface area contributed by atoms with Crippen molar-refractivity contribution in [3.05, 3.63) is 46.1 Å². The van der Waals surface area contributed by atoms with Crippen molar-refractivity contribution in [2.75, 3.05) is 6.61 Å². The van der Waals surface area contributed by atoms with Crippen LogP contribution < -0.4 is 5.69 Å². The van der Waals surface area contributed by atoms with Gasteiger partial charge in [-0.15, -0.1) is 0 Å². The van der Waals surface area contributed by atoms with Crippen molar-refractivity contribution in [2.45, 2.75) is 13.0 Å². The van der Waals surface area contributed by atoms with E-state index in [2.05, 4.69) is 5.10 Å². The Morgan fingerprint density at radius 1 is 1.29 bits per heavy atom. The zero-order valence-electron chi connectivity index (χ0n) is 9.08. The molecular weight excluding hydrogens is 242 g/mol. The summed E-state index contributed by atoms with van der Waals surface area (Å²) in [6.45, 7) is 0.455. The third-order valence-corrected chi connectivity index (χ3v) is 2.62. The van der Waals surface area contributed by atoms with Crippen LogP contribution >= 0.6 is 11.6 Å². The van der Waals surface area contributed by atoms with Gasteiger partial charge < -0.3 is 5.11 Å². The van der Waals surface area contributed by atoms with Gasteiger partial charge in [0.15, 0.2) is 0 Å². The van der Waals surface area contributed by atoms with Gasteiger partial charge in [0.1, 0.15) is 6.33 Å². The molecule has 2 rings (SSSR count). The van der Waals surface area contributed by atoms with Gasteiger partial charge in [-0.3, -0.25) is 0 Å². The minimum Gasteiger partial charge on any atom is -0.396 e. The summed E-state index contributed by atoms with van der Waals surface area (Å²) in [5.41, 5.74) is 0.496. The van der Waals surface area contributed by atoms with E-state index in [1.165, 1.54) is 15.6 Å². The van der Waals surface area contributed by atoms with E-state index < -0.39 is 0 Å². The largest absolute Gasteiger partial charge is 0.396 e. The van der Waals surface area contributed by atoms with Crippen molar-refractivity contribution in [1.82, 2.24) is 14.3 Å². The molecule has 17 heavy (non-hydrogen) atoms. The summed E-state index contributed by atoms with van der Waals surface area (Å²) in [6, 6.07) is 6.94. The fourth-order valence-corrected chi connectivity index (χ4v) is 1.62. The fraction of sp³-hybridized carbons (Fsp3) is 0.273. The molecule has 0 bridgehead atoms. The Kier molecular flexibility index (Phi) is 3.61. The maximum atomic E-state index is 11.9. The summed E-state index contributed by atoms with van der Waals surface area (Å²) in [5, 5.41) is 13.3. The van der Waals surface area contributed by atoms with Crippen LogP contribution in [0.3, 0.4) is 0 Å². The van der Waals surface area contributed by atoms with Gasteiger partial charge in [-0.1, -0.05) is 11.6 Å². The molecule has 0 amide bonds. The molecule has 1 aromatic heterocycles. The number of aryl methyl sites for hydroxylation is 1. The van der Waals surface area contributed by atoms with Crippen LogP contribution in [0.5, 0.6) is 0 Å². The molecule has 1 N–H and O–H groups in total. The van der Waals surface area contributed by atoms with E-state index in [-0.39, 0.29) is 12.3 Å². The molecule has 0 unspecified atom stereocenters. The van der Waals surface area contributed by atoms with Crippen LogP contribution in [-0.4, -0.2) is 26.1 Å². The van der Waals surface area contributed by atoms with Gasteiger partial charge in [0.05, 0.1) is 5.69 Å². The fourth-order valence-electron chi connectivity index (χ4n) is 1.49. The zero-order valence-corrected chi connectivity index (χ0v) is 9.84. The first-order chi connectivity index (χ1) is 8.22. The van der Waals surface area contributed by atoms with E-state index >= 15 is 0 Å². The highest BCUT2D eigenvalue weighted by atomic mass is 35.5. The maximum absolute atomic E-state index is 11.9. The Morgan fingerprint density at radius 2 is 2.00 bits per heavy atom. The number of benzene rings is 1. The molecule has 0 spiro atoms. The molecule has 0 fully saturated rings. The normalized spacial score (nSPS) is 10.7. The maximum Gasteiger partial charge on any atom is 0.350 e. The monoisotopic (exact) mass is 253 g/mol. The van der Waals surface area contributed by atoms with Crippen molar-refractivity contribution in [3.63, 3.8) is 0 Å². The number of hydrogen-bond acceptors (Lipinski definition) is 3. The zero-order chi connectivity index (χ0) is 12.3. The smallest absolute Gasteiger partial charge is 0.350 e. The first kappa shape index (κ1) is 11.9. The van der Waals surface area contributed by atoms with Gasteiger partial charge in [-0.05, 0) is 30.7 Å². The number of nitrogens with zero attached hydrogens (tertiary/aromatic N) is 3. The molecule has 2 aromatic rings. The van der Waals surface area contributed by atoms with Gasteiger partial charge in [0.25, 0.3) is 0 Å². The van der Waals surface area contributed by atoms with Crippen LogP contribution in [-0.2, 0) is 6.54 Å². The first-order valence-corrected chi connectivity index (χ1v) is 5.61. The Balaban J connectivity index is 2.31. The number of aliphatic hydroxyl groups excluding tert-OH is 1. The molecular formula is C11H12ClN3O2. The molecule has 0 saturated heterocycles. The van der Waals surface area contributed by atoms with Crippen molar-refractivity contribution >= 4 is 11.6 Å². The standard InChI is InChI=1S/C11H12ClN3O2/c12-9-2-4-10(5-3-9)14-8-13-15(11(14)17)6-1-7-16/h2-5,8,16H,1,6-7H2. The van der Waals surface area contributed by atoms with Gasteiger partial charge in [-0.25, -0.2) is 14.0 Å². The summed E-state index contributed by atoms with van der Waals surface area (Å²) in [6.07, 6.45) is 1.97. The molecule has 90 valence electrons. The van der Waals surface area contributed by atoms with E-state index in [1.54, 1.807) is 24.3 Å². The molecule has 1 heterocycles. The molecule has 0 aliphatic carbocycles. The van der Waals surface area contributed by atoms with Gasteiger partial charge in [0.2, 0.25) is 0 Å². The highest BCUT2D eigenvalue weighted by molar-refractivity contribution is 6.30. The molecule has 0 aliphatic heterocycles. The van der Waals surface area contributed by atoms with Gasteiger partial charge in [0, 0.05) is 18.2 Å². The number of aromatic nitrogens is 3. The first-order valence-electron chi connectivity index (χ1n) is 5.23. The van der Waals surface area contributed by atoms with Crippen LogP contribution in [0.1, 0.15) is 6.42 Å². The second kappa shape index (κ2) is 5.16. The summed E-state index contributed by atoms with van der Waals surface area (Å²) < 4.78 is 2.76. The second-order valence-corrected chi connectivity index (χ2v) is 4.00. The predicted octanol–water partition coefficient (Wildman–Crippen LogP) is 1.07. The van der Waals surface area contributed by atoms with E-state index in [4.69, 9.17) is 16.7 Å². The van der Waals surface area contributed by atoms with Crippen LogP contribution in [0.4, 0.5) is 0 Å². The molecule has 6 heteroatoms. The van der Waals surface area contributed by atoms with Crippen molar-refractivity contribution in [3.8, 4) is 5.69 Å². The SMILES string of the molecule is O=c1n(-c2ccc(Cl)cc2)cnn1CCCO. The van der Waals surface area contributed by atoms with E-state index in [1.807, 2.05) is 0 Å². The van der Waals surface area contributed by atoms with E-state index in [0.717, 1.165) is 5.69 Å². The van der Waals surface area contributed by atoms with Gasteiger partial charge in [-0.2, -0.15) is 5.10 Å². The lowest BCUT2D eigenvalue weighted by molar-refractivity contribution is 0.276. The summed E-state index contributed by atoms with van der Waals surface area (Å²) in [7, 11) is 0. The summed E-state index contributed by atoms with van der Waals surface area (Å²) in [4.78, 5) is 11.9. The Bertz CT molecular complexity index is 545. The lowest BCUT2D eigenvalue weighted by atomic mass is 10.3. The lowest BCUT2D eigenvalue weighted by Gasteiger charge is -2.00. The number of aliphatic hydroxyl groups is 1. The molecule has 1 aromatic carbocycles. The van der Waals surface area contributed by atoms with Gasteiger partial charge >= 0.3 is 5.69 Å². The lowest BCUT2D eigenvalue weighted by Crippen LogP contribution is -2.24. The van der Waals surface area contributed by atoms with Crippen molar-refractivity contribution in [1.29, 1.82) is 0 Å². The quantitative estimate of drug-likeness (QED) is 0.887. The minimum atomic E-state index is -0.222. The topological polar surface area (TPSA) is 60.0 Å². The number of rotatable bonds is 4. The molecule has 5 nitrogen and oxygen atoms in total.